The molecule has 2 aromatic carbocycles. The molecule has 0 aromatic heterocycles. The topological polar surface area (TPSA) is 40.4 Å². The lowest BCUT2D eigenvalue weighted by molar-refractivity contribution is -0.0684. The molecule has 11 heteroatoms. The van der Waals surface area contributed by atoms with Gasteiger partial charge in [-0.15, -0.1) is 0 Å². The molecule has 0 aliphatic carbocycles. The lowest BCUT2D eigenvalue weighted by atomic mass is 9.85. The molecule has 4 rings (SSSR count). The van der Waals surface area contributed by atoms with Crippen LogP contribution >= 0.6 is 0 Å². The zero-order chi connectivity index (χ0) is 24.2. The SMILES string of the molecule is CO[C@@H]1N(c2ccc(C)cc2)N=C(C(F)(F)F)[C@]12CC(C(F)(F)F)=NN2c1ccc(C)cc1. The number of aryl methyl sites for hydroxylation is 2. The van der Waals surface area contributed by atoms with Crippen molar-refractivity contribution >= 4 is 22.8 Å². The van der Waals surface area contributed by atoms with Crippen molar-refractivity contribution in [2.45, 2.75) is 44.4 Å². The largest absolute Gasteiger partial charge is 0.433 e. The Balaban J connectivity index is 1.94. The summed E-state index contributed by atoms with van der Waals surface area (Å²) in [5.74, 6) is 0. The fraction of sp³-hybridized carbons (Fsp3) is 0.364. The highest BCUT2D eigenvalue weighted by molar-refractivity contribution is 6.11. The summed E-state index contributed by atoms with van der Waals surface area (Å²) in [6.45, 7) is 3.55. The predicted octanol–water partition coefficient (Wildman–Crippen LogP) is 5.58. The van der Waals surface area contributed by atoms with Gasteiger partial charge in [-0.25, -0.2) is 10.0 Å². The molecule has 33 heavy (non-hydrogen) atoms. The van der Waals surface area contributed by atoms with Crippen LogP contribution in [0.3, 0.4) is 0 Å². The van der Waals surface area contributed by atoms with Crippen LogP contribution in [-0.4, -0.2) is 42.7 Å². The van der Waals surface area contributed by atoms with Crippen LogP contribution in [0.25, 0.3) is 0 Å². The Hall–Kier alpha value is -3.08. The Morgan fingerprint density at radius 3 is 1.79 bits per heavy atom. The zero-order valence-corrected chi connectivity index (χ0v) is 17.9. The number of rotatable bonds is 3. The zero-order valence-electron chi connectivity index (χ0n) is 17.9. The van der Waals surface area contributed by atoms with Gasteiger partial charge in [0.1, 0.15) is 5.71 Å². The lowest BCUT2D eigenvalue weighted by Crippen LogP contribution is -2.62. The Morgan fingerprint density at radius 2 is 1.33 bits per heavy atom. The minimum Gasteiger partial charge on any atom is -0.357 e. The van der Waals surface area contributed by atoms with Gasteiger partial charge in [-0.1, -0.05) is 35.4 Å². The van der Waals surface area contributed by atoms with E-state index in [2.05, 4.69) is 10.2 Å². The number of alkyl halides is 6. The first-order valence-electron chi connectivity index (χ1n) is 9.94. The fourth-order valence-electron chi connectivity index (χ4n) is 4.14. The minimum absolute atomic E-state index is 0.0598. The van der Waals surface area contributed by atoms with Gasteiger partial charge in [0, 0.05) is 13.5 Å². The van der Waals surface area contributed by atoms with Crippen molar-refractivity contribution in [2.24, 2.45) is 10.2 Å². The molecule has 2 heterocycles. The Kier molecular flexibility index (Phi) is 5.43. The quantitative estimate of drug-likeness (QED) is 0.550. The molecule has 5 nitrogen and oxygen atoms in total. The van der Waals surface area contributed by atoms with Gasteiger partial charge < -0.3 is 4.74 Å². The van der Waals surface area contributed by atoms with E-state index < -0.39 is 42.0 Å². The highest BCUT2D eigenvalue weighted by Crippen LogP contribution is 2.49. The Labute approximate surface area is 185 Å². The van der Waals surface area contributed by atoms with Crippen molar-refractivity contribution in [1.82, 2.24) is 0 Å². The predicted molar refractivity (Wildman–Crippen MR) is 112 cm³/mol. The van der Waals surface area contributed by atoms with Gasteiger partial charge in [-0.05, 0) is 38.1 Å². The average Bonchev–Trinajstić information content (AvgIpc) is 3.28. The third-order valence-corrected chi connectivity index (χ3v) is 5.68. The number of anilines is 2. The second kappa shape index (κ2) is 7.75. The molecule has 1 spiro atoms. The molecule has 2 aromatic rings. The van der Waals surface area contributed by atoms with Crippen molar-refractivity contribution in [3.63, 3.8) is 0 Å². The van der Waals surface area contributed by atoms with Gasteiger partial charge in [-0.3, -0.25) is 0 Å². The summed E-state index contributed by atoms with van der Waals surface area (Å²) >= 11 is 0. The second-order valence-corrected chi connectivity index (χ2v) is 8.01. The number of hydrogen-bond donors (Lipinski definition) is 0. The number of ether oxygens (including phenoxy) is 1. The number of benzene rings is 2. The minimum atomic E-state index is -5.05. The van der Waals surface area contributed by atoms with Crippen LogP contribution in [0, 0.1) is 13.8 Å². The molecule has 0 N–H and O–H groups in total. The van der Waals surface area contributed by atoms with Gasteiger partial charge in [0.15, 0.2) is 17.5 Å². The molecule has 2 aliphatic heterocycles. The van der Waals surface area contributed by atoms with Crippen LogP contribution in [0.1, 0.15) is 17.5 Å². The molecular weight excluding hydrogens is 450 g/mol. The molecule has 0 radical (unpaired) electrons. The van der Waals surface area contributed by atoms with Gasteiger partial charge in [0.2, 0.25) is 0 Å². The monoisotopic (exact) mass is 470 g/mol. The van der Waals surface area contributed by atoms with E-state index in [1.165, 1.54) is 24.3 Å². The molecule has 2 aliphatic rings. The smallest absolute Gasteiger partial charge is 0.357 e. The summed E-state index contributed by atoms with van der Waals surface area (Å²) < 4.78 is 89.6. The lowest BCUT2D eigenvalue weighted by Gasteiger charge is -2.40. The third-order valence-electron chi connectivity index (χ3n) is 5.68. The maximum atomic E-state index is 14.3. The average molecular weight is 470 g/mol. The molecular formula is C22H20F6N4O. The summed E-state index contributed by atoms with van der Waals surface area (Å²) in [5.41, 5.74) is -3.20. The van der Waals surface area contributed by atoms with Crippen LogP contribution in [0.4, 0.5) is 37.7 Å². The van der Waals surface area contributed by atoms with Crippen molar-refractivity contribution in [1.29, 1.82) is 0 Å². The Morgan fingerprint density at radius 1 is 0.818 bits per heavy atom. The number of nitrogens with zero attached hydrogens (tertiary/aromatic N) is 4. The first kappa shape index (κ1) is 23.1. The molecule has 0 amide bonds. The summed E-state index contributed by atoms with van der Waals surface area (Å²) in [4.78, 5) is 0. The molecule has 0 saturated heterocycles. The van der Waals surface area contributed by atoms with Crippen molar-refractivity contribution in [2.75, 3.05) is 17.1 Å². The third kappa shape index (κ3) is 3.84. The molecule has 0 saturated carbocycles. The van der Waals surface area contributed by atoms with E-state index in [0.717, 1.165) is 28.3 Å². The normalized spacial score (nSPS) is 23.4. The summed E-state index contributed by atoms with van der Waals surface area (Å²) in [6.07, 6.45) is -12.6. The van der Waals surface area contributed by atoms with Gasteiger partial charge in [0.25, 0.3) is 0 Å². The van der Waals surface area contributed by atoms with E-state index in [1.807, 2.05) is 0 Å². The molecule has 0 bridgehead atoms. The van der Waals surface area contributed by atoms with E-state index in [0.29, 0.717) is 0 Å². The van der Waals surface area contributed by atoms with Gasteiger partial charge >= 0.3 is 12.4 Å². The van der Waals surface area contributed by atoms with Crippen molar-refractivity contribution in [3.8, 4) is 0 Å². The van der Waals surface area contributed by atoms with Gasteiger partial charge in [-0.2, -0.15) is 36.5 Å². The number of methoxy groups -OCH3 is 1. The highest BCUT2D eigenvalue weighted by Gasteiger charge is 2.68. The molecule has 176 valence electrons. The van der Waals surface area contributed by atoms with Crippen LogP contribution in [-0.2, 0) is 4.74 Å². The Bertz CT molecular complexity index is 1090. The first-order chi connectivity index (χ1) is 15.4. The standard InChI is InChI=1S/C22H20F6N4O/c1-13-4-8-15(9-5-13)31-19(33-3)20(18(30-31)22(26,27)28)12-17(21(23,24)25)29-32(20)16-10-6-14(2)7-11-16/h4-11,19H,12H2,1-3H3/t19-,20+/m0/s1. The van der Waals surface area contributed by atoms with Crippen LogP contribution < -0.4 is 10.0 Å². The first-order valence-corrected chi connectivity index (χ1v) is 9.94. The highest BCUT2D eigenvalue weighted by atomic mass is 19.4. The summed E-state index contributed by atoms with van der Waals surface area (Å²) in [5, 5.41) is 9.13. The van der Waals surface area contributed by atoms with E-state index in [4.69, 9.17) is 4.74 Å². The van der Waals surface area contributed by atoms with Crippen LogP contribution in [0.5, 0.6) is 0 Å². The van der Waals surface area contributed by atoms with E-state index in [9.17, 15) is 26.3 Å². The second-order valence-electron chi connectivity index (χ2n) is 8.01. The van der Waals surface area contributed by atoms with E-state index in [-0.39, 0.29) is 11.4 Å². The number of hydrogen-bond acceptors (Lipinski definition) is 5. The van der Waals surface area contributed by atoms with E-state index >= 15 is 0 Å². The molecule has 0 unspecified atom stereocenters. The van der Waals surface area contributed by atoms with Gasteiger partial charge in [0.05, 0.1) is 11.4 Å². The maximum absolute atomic E-state index is 14.3. The maximum Gasteiger partial charge on any atom is 0.433 e. The number of halogens is 6. The van der Waals surface area contributed by atoms with Crippen molar-refractivity contribution < 1.29 is 31.1 Å². The van der Waals surface area contributed by atoms with E-state index in [1.54, 1.807) is 38.1 Å². The van der Waals surface area contributed by atoms with Crippen molar-refractivity contribution in [3.05, 3.63) is 59.7 Å². The van der Waals surface area contributed by atoms with Crippen LogP contribution in [0.15, 0.2) is 58.7 Å². The summed E-state index contributed by atoms with van der Waals surface area (Å²) in [6, 6.07) is 12.4. The fourth-order valence-corrected chi connectivity index (χ4v) is 4.14. The number of hydrazone groups is 2. The molecule has 0 fully saturated rings. The van der Waals surface area contributed by atoms with Crippen LogP contribution in [0.2, 0.25) is 0 Å². The summed E-state index contributed by atoms with van der Waals surface area (Å²) in [7, 11) is 1.14. The molecule has 2 atom stereocenters.